The number of benzene rings is 1. The van der Waals surface area contributed by atoms with E-state index in [-0.39, 0.29) is 29.9 Å². The highest BCUT2D eigenvalue weighted by Crippen LogP contribution is 2.72. The Morgan fingerprint density at radius 2 is 1.83 bits per heavy atom. The van der Waals surface area contributed by atoms with Gasteiger partial charge >= 0.3 is 0 Å². The van der Waals surface area contributed by atoms with E-state index in [1.165, 1.54) is 0 Å². The average molecular weight is 478 g/mol. The molecule has 0 aromatic heterocycles. The first kappa shape index (κ1) is 21.8. The van der Waals surface area contributed by atoms with Crippen molar-refractivity contribution in [1.29, 1.82) is 0 Å². The Balaban J connectivity index is 1.42. The standard InChI is InChI=1S/C28H35N3O4/c1-15-9-26-11-19-25(4,5)28(13-27(19,14-31(26)12-15)30(6)23(26)34)16-7-8-18-20(21(16)29-22(28)33)17(32)10-24(2,3)35-18/h7-8,15,19H,9-14H2,1-6H3,(H,29,33). The topological polar surface area (TPSA) is 79.0 Å². The maximum atomic E-state index is 14.1. The average Bonchev–Trinajstić information content (AvgIpc) is 3.30. The number of hydrogen-bond acceptors (Lipinski definition) is 5. The van der Waals surface area contributed by atoms with Crippen molar-refractivity contribution in [2.75, 3.05) is 25.5 Å². The molecule has 1 saturated carbocycles. The van der Waals surface area contributed by atoms with E-state index in [1.807, 2.05) is 37.9 Å². The molecule has 2 bridgehead atoms. The molecular weight excluding hydrogens is 442 g/mol. The summed E-state index contributed by atoms with van der Waals surface area (Å²) in [6.45, 7) is 12.3. The smallest absolute Gasteiger partial charge is 0.243 e. The fraction of sp³-hybridized carbons (Fsp3) is 0.679. The largest absolute Gasteiger partial charge is 0.487 e. The highest BCUT2D eigenvalue weighted by molar-refractivity contribution is 6.15. The zero-order valence-electron chi connectivity index (χ0n) is 21.6. The van der Waals surface area contributed by atoms with Crippen LogP contribution in [0.2, 0.25) is 0 Å². The third kappa shape index (κ3) is 2.18. The second-order valence-corrected chi connectivity index (χ2v) is 13.5. The number of amides is 2. The maximum Gasteiger partial charge on any atom is 0.243 e. The number of fused-ring (bicyclic) bond motifs is 5. The van der Waals surface area contributed by atoms with Crippen molar-refractivity contribution in [1.82, 2.24) is 9.80 Å². The number of piperidine rings is 2. The molecule has 186 valence electrons. The van der Waals surface area contributed by atoms with Crippen molar-refractivity contribution in [3.8, 4) is 5.75 Å². The van der Waals surface area contributed by atoms with Crippen molar-refractivity contribution in [3.05, 3.63) is 23.3 Å². The molecule has 7 heteroatoms. The number of carbonyl (C=O) groups is 3. The van der Waals surface area contributed by atoms with Crippen LogP contribution in [0.1, 0.15) is 76.2 Å². The minimum absolute atomic E-state index is 0.0126. The van der Waals surface area contributed by atoms with E-state index >= 15 is 0 Å². The van der Waals surface area contributed by atoms with Crippen LogP contribution in [0, 0.1) is 17.3 Å². The lowest BCUT2D eigenvalue weighted by molar-refractivity contribution is -0.184. The molecule has 1 aliphatic carbocycles. The first-order chi connectivity index (χ1) is 16.3. The minimum atomic E-state index is -0.805. The van der Waals surface area contributed by atoms with Crippen LogP contribution in [0.4, 0.5) is 5.69 Å². The predicted octanol–water partition coefficient (Wildman–Crippen LogP) is 3.36. The molecule has 5 fully saturated rings. The van der Waals surface area contributed by atoms with Crippen LogP contribution >= 0.6 is 0 Å². The zero-order valence-corrected chi connectivity index (χ0v) is 21.6. The van der Waals surface area contributed by atoms with Gasteiger partial charge in [-0.2, -0.15) is 0 Å². The molecule has 1 aromatic rings. The van der Waals surface area contributed by atoms with Gasteiger partial charge in [-0.15, -0.1) is 0 Å². The number of carbonyl (C=O) groups excluding carboxylic acids is 3. The number of nitrogens with zero attached hydrogens (tertiary/aromatic N) is 2. The lowest BCUT2D eigenvalue weighted by Crippen LogP contribution is -2.78. The zero-order chi connectivity index (χ0) is 24.9. The lowest BCUT2D eigenvalue weighted by Gasteiger charge is -2.64. The Morgan fingerprint density at radius 1 is 1.09 bits per heavy atom. The molecule has 4 saturated heterocycles. The van der Waals surface area contributed by atoms with Crippen LogP contribution in [0.15, 0.2) is 12.1 Å². The van der Waals surface area contributed by atoms with Gasteiger partial charge in [0.1, 0.15) is 16.9 Å². The molecule has 1 N–H and O–H groups in total. The Hall–Kier alpha value is -2.41. The molecule has 7 aliphatic rings. The van der Waals surface area contributed by atoms with Gasteiger partial charge in [0.2, 0.25) is 11.8 Å². The number of nitrogens with one attached hydrogen (secondary N) is 1. The van der Waals surface area contributed by atoms with E-state index in [0.717, 1.165) is 31.5 Å². The summed E-state index contributed by atoms with van der Waals surface area (Å²) in [5.41, 5.74) is -0.555. The highest BCUT2D eigenvalue weighted by atomic mass is 16.5. The van der Waals surface area contributed by atoms with Crippen molar-refractivity contribution in [3.63, 3.8) is 0 Å². The molecule has 6 aliphatic heterocycles. The summed E-state index contributed by atoms with van der Waals surface area (Å²) in [6, 6.07) is 3.89. The van der Waals surface area contributed by atoms with Crippen molar-refractivity contribution in [2.45, 2.75) is 82.4 Å². The number of Topliss-reactive ketones (excluding diaryl/α,β-unsaturated/α-hetero) is 1. The van der Waals surface area contributed by atoms with E-state index in [4.69, 9.17) is 4.74 Å². The van der Waals surface area contributed by atoms with Crippen molar-refractivity contribution in [2.24, 2.45) is 17.3 Å². The van der Waals surface area contributed by atoms with Gasteiger partial charge in [-0.25, -0.2) is 0 Å². The number of hydrogen-bond donors (Lipinski definition) is 1. The highest BCUT2D eigenvalue weighted by Gasteiger charge is 2.79. The summed E-state index contributed by atoms with van der Waals surface area (Å²) >= 11 is 0. The predicted molar refractivity (Wildman–Crippen MR) is 130 cm³/mol. The summed E-state index contributed by atoms with van der Waals surface area (Å²) in [4.78, 5) is 45.7. The number of ether oxygens (including phenoxy) is 1. The van der Waals surface area contributed by atoms with Crippen molar-refractivity contribution >= 4 is 23.3 Å². The Morgan fingerprint density at radius 3 is 2.57 bits per heavy atom. The van der Waals surface area contributed by atoms with Gasteiger partial charge in [0.15, 0.2) is 5.78 Å². The number of likely N-dealkylation sites (N-methyl/N-ethyl adjacent to an activating group) is 1. The SMILES string of the molecule is CC1CN2CC34CC5(C(=O)Nc6c5ccc5c6C(=O)CC(C)(C)O5)C(C)(C)C3CC2(C1)C(=O)N4C. The molecular formula is C28H35N3O4. The summed E-state index contributed by atoms with van der Waals surface area (Å²) < 4.78 is 6.15. The first-order valence-corrected chi connectivity index (χ1v) is 13.0. The Bertz CT molecular complexity index is 1250. The van der Waals surface area contributed by atoms with Crippen molar-refractivity contribution < 1.29 is 19.1 Å². The minimum Gasteiger partial charge on any atom is -0.487 e. The lowest BCUT2D eigenvalue weighted by atomic mass is 9.57. The monoisotopic (exact) mass is 477 g/mol. The number of ketones is 1. The summed E-state index contributed by atoms with van der Waals surface area (Å²) in [5, 5.41) is 3.16. The summed E-state index contributed by atoms with van der Waals surface area (Å²) in [5.74, 6) is 1.44. The van der Waals surface area contributed by atoms with Gasteiger partial charge in [-0.05, 0) is 62.0 Å². The van der Waals surface area contributed by atoms with Crippen LogP contribution in [0.5, 0.6) is 5.75 Å². The van der Waals surface area contributed by atoms with Gasteiger partial charge in [-0.3, -0.25) is 19.3 Å². The fourth-order valence-electron chi connectivity index (χ4n) is 9.49. The van der Waals surface area contributed by atoms with E-state index in [1.54, 1.807) is 0 Å². The van der Waals surface area contributed by atoms with Crippen LogP contribution in [0.3, 0.4) is 0 Å². The third-order valence-electron chi connectivity index (χ3n) is 10.9. The first-order valence-electron chi connectivity index (χ1n) is 13.0. The van der Waals surface area contributed by atoms with E-state index < -0.39 is 27.5 Å². The normalized spacial score (nSPS) is 42.0. The quantitative estimate of drug-likeness (QED) is 0.620. The number of anilines is 1. The van der Waals surface area contributed by atoms with E-state index in [0.29, 0.717) is 29.3 Å². The second kappa shape index (κ2) is 5.93. The molecule has 35 heavy (non-hydrogen) atoms. The van der Waals surface area contributed by atoms with Crippen LogP contribution < -0.4 is 10.1 Å². The summed E-state index contributed by atoms with van der Waals surface area (Å²) in [7, 11) is 1.96. The molecule has 5 atom stereocenters. The molecule has 3 spiro atoms. The molecule has 6 heterocycles. The summed E-state index contributed by atoms with van der Waals surface area (Å²) in [6.07, 6.45) is 2.56. The van der Waals surface area contributed by atoms with Gasteiger partial charge in [0.25, 0.3) is 0 Å². The molecule has 1 aromatic carbocycles. The molecule has 5 unspecified atom stereocenters. The molecule has 0 radical (unpaired) electrons. The molecule has 8 rings (SSSR count). The van der Waals surface area contributed by atoms with Crippen LogP contribution in [-0.2, 0) is 15.0 Å². The van der Waals surface area contributed by atoms with Crippen LogP contribution in [-0.4, -0.2) is 64.2 Å². The van der Waals surface area contributed by atoms with E-state index in [2.05, 4.69) is 31.0 Å². The van der Waals surface area contributed by atoms with Gasteiger partial charge in [0.05, 0.1) is 28.6 Å². The molecule has 7 nitrogen and oxygen atoms in total. The molecule has 2 amide bonds. The van der Waals surface area contributed by atoms with Crippen LogP contribution in [0.25, 0.3) is 0 Å². The van der Waals surface area contributed by atoms with Gasteiger partial charge in [-0.1, -0.05) is 26.8 Å². The van der Waals surface area contributed by atoms with Gasteiger partial charge in [0, 0.05) is 20.1 Å². The Labute approximate surface area is 206 Å². The fourth-order valence-corrected chi connectivity index (χ4v) is 9.49. The third-order valence-corrected chi connectivity index (χ3v) is 10.9. The number of rotatable bonds is 0. The Kier molecular flexibility index (Phi) is 3.70. The number of piperazine rings is 1. The van der Waals surface area contributed by atoms with Gasteiger partial charge < -0.3 is 15.0 Å². The van der Waals surface area contributed by atoms with E-state index in [9.17, 15) is 14.4 Å². The second-order valence-electron chi connectivity index (χ2n) is 13.5. The maximum absolute atomic E-state index is 14.1.